The van der Waals surface area contributed by atoms with E-state index < -0.39 is 0 Å². The van der Waals surface area contributed by atoms with E-state index in [-0.39, 0.29) is 17.6 Å². The molecule has 0 unspecified atom stereocenters. The van der Waals surface area contributed by atoms with Crippen molar-refractivity contribution < 1.29 is 9.18 Å². The predicted octanol–water partition coefficient (Wildman–Crippen LogP) is 2.48. The molecule has 3 aromatic rings. The third-order valence-electron chi connectivity index (χ3n) is 4.35. The van der Waals surface area contributed by atoms with Crippen molar-refractivity contribution >= 4 is 39.1 Å². The van der Waals surface area contributed by atoms with E-state index in [1.807, 2.05) is 6.07 Å². The Kier molecular flexibility index (Phi) is 4.22. The van der Waals surface area contributed by atoms with Gasteiger partial charge >= 0.3 is 0 Å². The van der Waals surface area contributed by atoms with Gasteiger partial charge in [-0.3, -0.25) is 4.79 Å². The zero-order valence-corrected chi connectivity index (χ0v) is 14.0. The molecule has 128 valence electrons. The number of rotatable bonds is 3. The van der Waals surface area contributed by atoms with Crippen molar-refractivity contribution in [3.05, 3.63) is 35.9 Å². The van der Waals surface area contributed by atoms with Crippen molar-refractivity contribution in [2.75, 3.05) is 23.3 Å². The summed E-state index contributed by atoms with van der Waals surface area (Å²) >= 11 is 1.30. The Bertz CT molecular complexity index is 895. The molecule has 1 fully saturated rings. The molecule has 1 saturated heterocycles. The number of carbonyl (C=O) groups is 1. The van der Waals surface area contributed by atoms with Crippen LogP contribution in [0.4, 0.5) is 15.3 Å². The summed E-state index contributed by atoms with van der Waals surface area (Å²) in [6, 6.07) is 4.87. The first-order chi connectivity index (χ1) is 12.2. The Balaban J connectivity index is 1.47. The lowest BCUT2D eigenvalue weighted by atomic mass is 9.96. The van der Waals surface area contributed by atoms with Crippen LogP contribution in [0.25, 0.3) is 10.9 Å². The maximum Gasteiger partial charge on any atom is 0.229 e. The van der Waals surface area contributed by atoms with E-state index in [1.54, 1.807) is 11.6 Å². The third kappa shape index (κ3) is 3.14. The average molecular weight is 358 g/mol. The average Bonchev–Trinajstić information content (AvgIpc) is 3.15. The summed E-state index contributed by atoms with van der Waals surface area (Å²) < 4.78 is 13.9. The van der Waals surface area contributed by atoms with E-state index in [9.17, 15) is 9.18 Å². The molecule has 25 heavy (non-hydrogen) atoms. The van der Waals surface area contributed by atoms with Crippen molar-refractivity contribution in [1.82, 2.24) is 20.2 Å². The van der Waals surface area contributed by atoms with Crippen LogP contribution in [0, 0.1) is 11.7 Å². The van der Waals surface area contributed by atoms with E-state index in [0.29, 0.717) is 47.8 Å². The van der Waals surface area contributed by atoms with Gasteiger partial charge in [0.25, 0.3) is 0 Å². The molecule has 1 N–H and O–H groups in total. The number of carbonyl (C=O) groups excluding carboxylic acids is 1. The summed E-state index contributed by atoms with van der Waals surface area (Å²) in [4.78, 5) is 22.7. The second-order valence-electron chi connectivity index (χ2n) is 5.83. The zero-order chi connectivity index (χ0) is 17.2. The highest BCUT2D eigenvalue weighted by molar-refractivity contribution is 7.13. The van der Waals surface area contributed by atoms with Crippen molar-refractivity contribution in [2.45, 2.75) is 12.8 Å². The number of anilines is 2. The van der Waals surface area contributed by atoms with E-state index >= 15 is 0 Å². The molecule has 0 spiro atoms. The Hall–Kier alpha value is -2.68. The number of amides is 1. The second kappa shape index (κ2) is 6.67. The first-order valence-corrected chi connectivity index (χ1v) is 8.81. The lowest BCUT2D eigenvalue weighted by molar-refractivity contribution is -0.120. The Morgan fingerprint density at radius 3 is 2.88 bits per heavy atom. The van der Waals surface area contributed by atoms with Gasteiger partial charge in [-0.05, 0) is 25.0 Å². The molecule has 7 nitrogen and oxygen atoms in total. The molecule has 1 aliphatic rings. The molecule has 0 aliphatic carbocycles. The monoisotopic (exact) mass is 358 g/mol. The first-order valence-electron chi connectivity index (χ1n) is 7.93. The van der Waals surface area contributed by atoms with Gasteiger partial charge in [-0.2, -0.15) is 0 Å². The number of hydrogen-bond donors (Lipinski definition) is 1. The number of piperidine rings is 1. The number of aromatic nitrogens is 4. The van der Waals surface area contributed by atoms with Crippen LogP contribution in [0.1, 0.15) is 12.8 Å². The maximum absolute atomic E-state index is 13.9. The molecule has 1 aromatic carbocycles. The standard InChI is InChI=1S/C16H15FN6OS/c17-12-3-1-2-11-13(12)18-8-19-14(11)23-6-4-10(5-7-23)15(24)21-16-22-20-9-25-16/h1-3,8-10H,4-7H2,(H,21,22,24). The van der Waals surface area contributed by atoms with Gasteiger partial charge in [0.05, 0.1) is 0 Å². The fraction of sp³-hybridized carbons (Fsp3) is 0.312. The highest BCUT2D eigenvalue weighted by Gasteiger charge is 2.27. The molecule has 2 aromatic heterocycles. The fourth-order valence-corrected chi connectivity index (χ4v) is 3.53. The van der Waals surface area contributed by atoms with Crippen molar-refractivity contribution in [1.29, 1.82) is 0 Å². The molecule has 3 heterocycles. The first kappa shape index (κ1) is 15.8. The van der Waals surface area contributed by atoms with Gasteiger partial charge in [-0.1, -0.05) is 17.4 Å². The number of fused-ring (bicyclic) bond motifs is 1. The SMILES string of the molecule is O=C(Nc1nncs1)C1CCN(c2ncnc3c(F)cccc23)CC1. The summed E-state index contributed by atoms with van der Waals surface area (Å²) in [6.45, 7) is 1.35. The minimum atomic E-state index is -0.354. The smallest absolute Gasteiger partial charge is 0.229 e. The number of benzene rings is 1. The lowest BCUT2D eigenvalue weighted by Crippen LogP contribution is -2.38. The molecule has 4 rings (SSSR count). The Labute approximate surface area is 146 Å². The van der Waals surface area contributed by atoms with Gasteiger partial charge in [0, 0.05) is 24.4 Å². The normalized spacial score (nSPS) is 15.5. The molecule has 1 aliphatic heterocycles. The van der Waals surface area contributed by atoms with Gasteiger partial charge in [0.2, 0.25) is 11.0 Å². The molecular formula is C16H15FN6OS. The molecule has 0 radical (unpaired) electrons. The largest absolute Gasteiger partial charge is 0.356 e. The number of nitrogens with zero attached hydrogens (tertiary/aromatic N) is 5. The van der Waals surface area contributed by atoms with Crippen LogP contribution in [0.2, 0.25) is 0 Å². The maximum atomic E-state index is 13.9. The van der Waals surface area contributed by atoms with Crippen LogP contribution >= 0.6 is 11.3 Å². The molecule has 0 bridgehead atoms. The van der Waals surface area contributed by atoms with Crippen LogP contribution in [-0.4, -0.2) is 39.2 Å². The lowest BCUT2D eigenvalue weighted by Gasteiger charge is -2.32. The summed E-state index contributed by atoms with van der Waals surface area (Å²) in [6.07, 6.45) is 2.78. The van der Waals surface area contributed by atoms with Crippen LogP contribution in [0.5, 0.6) is 0 Å². The topological polar surface area (TPSA) is 83.9 Å². The number of nitrogens with one attached hydrogen (secondary N) is 1. The summed E-state index contributed by atoms with van der Waals surface area (Å²) in [5.41, 5.74) is 1.90. The highest BCUT2D eigenvalue weighted by Crippen LogP contribution is 2.28. The number of halogens is 1. The van der Waals surface area contributed by atoms with E-state index in [1.165, 1.54) is 23.7 Å². The van der Waals surface area contributed by atoms with E-state index in [0.717, 1.165) is 0 Å². The van der Waals surface area contributed by atoms with Crippen molar-refractivity contribution in [2.24, 2.45) is 5.92 Å². The van der Waals surface area contributed by atoms with Gasteiger partial charge in [0.1, 0.15) is 29.0 Å². The number of hydrogen-bond acceptors (Lipinski definition) is 7. The third-order valence-corrected chi connectivity index (χ3v) is 4.96. The molecule has 0 atom stereocenters. The minimum Gasteiger partial charge on any atom is -0.356 e. The summed E-state index contributed by atoms with van der Waals surface area (Å²) in [5, 5.41) is 11.5. The van der Waals surface area contributed by atoms with Crippen molar-refractivity contribution in [3.63, 3.8) is 0 Å². The quantitative estimate of drug-likeness (QED) is 0.774. The van der Waals surface area contributed by atoms with Crippen LogP contribution in [0.3, 0.4) is 0 Å². The fourth-order valence-electron chi connectivity index (χ4n) is 3.08. The van der Waals surface area contributed by atoms with Gasteiger partial charge in [-0.25, -0.2) is 14.4 Å². The van der Waals surface area contributed by atoms with Gasteiger partial charge < -0.3 is 10.2 Å². The van der Waals surface area contributed by atoms with Crippen LogP contribution in [0.15, 0.2) is 30.0 Å². The highest BCUT2D eigenvalue weighted by atomic mass is 32.1. The molecule has 9 heteroatoms. The van der Waals surface area contributed by atoms with Gasteiger partial charge in [0.15, 0.2) is 0 Å². The summed E-state index contributed by atoms with van der Waals surface area (Å²) in [7, 11) is 0. The Morgan fingerprint density at radius 1 is 1.28 bits per heavy atom. The van der Waals surface area contributed by atoms with Crippen molar-refractivity contribution in [3.8, 4) is 0 Å². The summed E-state index contributed by atoms with van der Waals surface area (Å²) in [5.74, 6) is 0.250. The minimum absolute atomic E-state index is 0.0324. The van der Waals surface area contributed by atoms with Gasteiger partial charge in [-0.15, -0.1) is 10.2 Å². The van der Waals surface area contributed by atoms with E-state index in [2.05, 4.69) is 30.4 Å². The second-order valence-corrected chi connectivity index (χ2v) is 6.66. The zero-order valence-electron chi connectivity index (χ0n) is 13.2. The Morgan fingerprint density at radius 2 is 2.12 bits per heavy atom. The van der Waals surface area contributed by atoms with Crippen LogP contribution in [-0.2, 0) is 4.79 Å². The molecule has 1 amide bonds. The van der Waals surface area contributed by atoms with Crippen LogP contribution < -0.4 is 10.2 Å². The molecular weight excluding hydrogens is 343 g/mol. The van der Waals surface area contributed by atoms with E-state index in [4.69, 9.17) is 0 Å². The molecule has 0 saturated carbocycles. The predicted molar refractivity (Wildman–Crippen MR) is 93.0 cm³/mol. The number of para-hydroxylation sites is 1.